The second kappa shape index (κ2) is 9.02. The second-order valence-corrected chi connectivity index (χ2v) is 6.12. The summed E-state index contributed by atoms with van der Waals surface area (Å²) in [5.41, 5.74) is 10.1. The van der Waals surface area contributed by atoms with Gasteiger partial charge < -0.3 is 15.8 Å². The van der Waals surface area contributed by atoms with E-state index in [0.29, 0.717) is 12.4 Å². The SMILES string of the molecule is CCOc1cc(CNCCc2ccccc2)ccc1-c1cccc(N)n1. The Labute approximate surface area is 155 Å². The number of hydrogen-bond donors (Lipinski definition) is 2. The maximum absolute atomic E-state index is 5.84. The van der Waals surface area contributed by atoms with Crippen molar-refractivity contribution in [3.63, 3.8) is 0 Å². The molecule has 0 unspecified atom stereocenters. The molecule has 0 aliphatic carbocycles. The lowest BCUT2D eigenvalue weighted by atomic mass is 10.1. The maximum atomic E-state index is 5.84. The van der Waals surface area contributed by atoms with Gasteiger partial charge in [-0.25, -0.2) is 4.98 Å². The summed E-state index contributed by atoms with van der Waals surface area (Å²) in [6, 6.07) is 22.4. The summed E-state index contributed by atoms with van der Waals surface area (Å²) in [6.07, 6.45) is 1.02. The van der Waals surface area contributed by atoms with Crippen LogP contribution >= 0.6 is 0 Å². The van der Waals surface area contributed by atoms with E-state index in [2.05, 4.69) is 52.8 Å². The van der Waals surface area contributed by atoms with E-state index < -0.39 is 0 Å². The van der Waals surface area contributed by atoms with E-state index in [9.17, 15) is 0 Å². The number of ether oxygens (including phenoxy) is 1. The first-order valence-electron chi connectivity index (χ1n) is 8.99. The molecule has 0 radical (unpaired) electrons. The molecule has 1 heterocycles. The molecule has 0 saturated carbocycles. The zero-order valence-corrected chi connectivity index (χ0v) is 15.1. The first-order valence-corrected chi connectivity index (χ1v) is 8.99. The van der Waals surface area contributed by atoms with E-state index in [1.807, 2.05) is 25.1 Å². The van der Waals surface area contributed by atoms with Crippen LogP contribution in [-0.4, -0.2) is 18.1 Å². The van der Waals surface area contributed by atoms with Crippen LogP contribution in [-0.2, 0) is 13.0 Å². The summed E-state index contributed by atoms with van der Waals surface area (Å²) in [4.78, 5) is 4.41. The lowest BCUT2D eigenvalue weighted by Gasteiger charge is -2.13. The van der Waals surface area contributed by atoms with Gasteiger partial charge in [-0.05, 0) is 55.3 Å². The van der Waals surface area contributed by atoms with E-state index in [4.69, 9.17) is 10.5 Å². The summed E-state index contributed by atoms with van der Waals surface area (Å²) < 4.78 is 5.84. The fourth-order valence-electron chi connectivity index (χ4n) is 2.87. The number of aromatic nitrogens is 1. The number of rotatable bonds is 8. The van der Waals surface area contributed by atoms with E-state index in [-0.39, 0.29) is 0 Å². The predicted molar refractivity (Wildman–Crippen MR) is 107 cm³/mol. The molecule has 2 aromatic carbocycles. The fraction of sp³-hybridized carbons (Fsp3) is 0.227. The third kappa shape index (κ3) is 4.83. The monoisotopic (exact) mass is 347 g/mol. The van der Waals surface area contributed by atoms with Crippen molar-refractivity contribution in [2.75, 3.05) is 18.9 Å². The number of nitrogens with two attached hydrogens (primary N) is 1. The topological polar surface area (TPSA) is 60.2 Å². The summed E-state index contributed by atoms with van der Waals surface area (Å²) in [7, 11) is 0. The second-order valence-electron chi connectivity index (χ2n) is 6.12. The van der Waals surface area contributed by atoms with Crippen LogP contribution in [0.25, 0.3) is 11.3 Å². The lowest BCUT2D eigenvalue weighted by Crippen LogP contribution is -2.16. The van der Waals surface area contributed by atoms with Gasteiger partial charge in [0.2, 0.25) is 0 Å². The molecule has 0 aliphatic rings. The Hall–Kier alpha value is -2.85. The molecule has 4 nitrogen and oxygen atoms in total. The largest absolute Gasteiger partial charge is 0.493 e. The number of nitrogens with zero attached hydrogens (tertiary/aromatic N) is 1. The Kier molecular flexibility index (Phi) is 6.23. The molecule has 0 saturated heterocycles. The normalized spacial score (nSPS) is 10.7. The number of anilines is 1. The Morgan fingerprint density at radius 3 is 2.58 bits per heavy atom. The van der Waals surface area contributed by atoms with Crippen molar-refractivity contribution in [3.8, 4) is 17.0 Å². The van der Waals surface area contributed by atoms with Gasteiger partial charge in [0.25, 0.3) is 0 Å². The molecule has 1 aromatic heterocycles. The van der Waals surface area contributed by atoms with Crippen LogP contribution in [0, 0.1) is 0 Å². The lowest BCUT2D eigenvalue weighted by molar-refractivity contribution is 0.341. The first-order chi connectivity index (χ1) is 12.8. The van der Waals surface area contributed by atoms with E-state index in [1.165, 1.54) is 11.1 Å². The summed E-state index contributed by atoms with van der Waals surface area (Å²) in [5.74, 6) is 1.35. The van der Waals surface area contributed by atoms with Crippen molar-refractivity contribution in [2.24, 2.45) is 0 Å². The Morgan fingerprint density at radius 2 is 1.81 bits per heavy atom. The molecule has 134 valence electrons. The van der Waals surface area contributed by atoms with E-state index >= 15 is 0 Å². The van der Waals surface area contributed by atoms with Gasteiger partial charge in [-0.3, -0.25) is 0 Å². The van der Waals surface area contributed by atoms with Crippen LogP contribution in [0.1, 0.15) is 18.1 Å². The van der Waals surface area contributed by atoms with Crippen LogP contribution in [0.5, 0.6) is 5.75 Å². The fourth-order valence-corrected chi connectivity index (χ4v) is 2.87. The van der Waals surface area contributed by atoms with Gasteiger partial charge in [0, 0.05) is 12.1 Å². The minimum atomic E-state index is 0.511. The number of pyridine rings is 1. The first kappa shape index (κ1) is 18.0. The Balaban J connectivity index is 1.66. The molecule has 0 atom stereocenters. The molecule has 3 aromatic rings. The molecule has 4 heteroatoms. The smallest absolute Gasteiger partial charge is 0.128 e. The van der Waals surface area contributed by atoms with E-state index in [1.54, 1.807) is 6.07 Å². The molecule has 0 fully saturated rings. The van der Waals surface area contributed by atoms with Crippen LogP contribution in [0.4, 0.5) is 5.82 Å². The van der Waals surface area contributed by atoms with Crippen molar-refractivity contribution in [1.82, 2.24) is 10.3 Å². The van der Waals surface area contributed by atoms with E-state index in [0.717, 1.165) is 36.5 Å². The number of nitrogens with one attached hydrogen (secondary N) is 1. The summed E-state index contributed by atoms with van der Waals surface area (Å²) in [5, 5.41) is 3.50. The minimum Gasteiger partial charge on any atom is -0.493 e. The van der Waals surface area contributed by atoms with Crippen molar-refractivity contribution < 1.29 is 4.74 Å². The average Bonchev–Trinajstić information content (AvgIpc) is 2.67. The number of benzene rings is 2. The zero-order valence-electron chi connectivity index (χ0n) is 15.1. The van der Waals surface area contributed by atoms with Gasteiger partial charge >= 0.3 is 0 Å². The van der Waals surface area contributed by atoms with Gasteiger partial charge in [-0.2, -0.15) is 0 Å². The molecule has 0 spiro atoms. The van der Waals surface area contributed by atoms with Crippen molar-refractivity contribution >= 4 is 5.82 Å². The number of hydrogen-bond acceptors (Lipinski definition) is 4. The van der Waals surface area contributed by atoms with Gasteiger partial charge in [-0.1, -0.05) is 42.5 Å². The molecular weight excluding hydrogens is 322 g/mol. The minimum absolute atomic E-state index is 0.511. The quantitative estimate of drug-likeness (QED) is 0.603. The van der Waals surface area contributed by atoms with Crippen LogP contribution in [0.3, 0.4) is 0 Å². The highest BCUT2D eigenvalue weighted by atomic mass is 16.5. The van der Waals surface area contributed by atoms with Crippen LogP contribution in [0.2, 0.25) is 0 Å². The van der Waals surface area contributed by atoms with Crippen LogP contribution in [0.15, 0.2) is 66.7 Å². The third-order valence-corrected chi connectivity index (χ3v) is 4.15. The predicted octanol–water partition coefficient (Wildman–Crippen LogP) is 4.06. The molecule has 0 amide bonds. The Bertz CT molecular complexity index is 834. The average molecular weight is 347 g/mol. The van der Waals surface area contributed by atoms with Gasteiger partial charge in [0.05, 0.1) is 12.3 Å². The van der Waals surface area contributed by atoms with Crippen LogP contribution < -0.4 is 15.8 Å². The molecule has 0 bridgehead atoms. The number of nitrogen functional groups attached to an aromatic ring is 1. The molecular formula is C22H25N3O. The van der Waals surface area contributed by atoms with Gasteiger partial charge in [0.1, 0.15) is 11.6 Å². The third-order valence-electron chi connectivity index (χ3n) is 4.15. The van der Waals surface area contributed by atoms with Crippen molar-refractivity contribution in [1.29, 1.82) is 0 Å². The zero-order chi connectivity index (χ0) is 18.2. The molecule has 3 rings (SSSR count). The highest BCUT2D eigenvalue weighted by Gasteiger charge is 2.09. The van der Waals surface area contributed by atoms with Crippen molar-refractivity contribution in [3.05, 3.63) is 77.9 Å². The summed E-state index contributed by atoms with van der Waals surface area (Å²) >= 11 is 0. The van der Waals surface area contributed by atoms with Crippen molar-refractivity contribution in [2.45, 2.75) is 19.9 Å². The van der Waals surface area contributed by atoms with Gasteiger partial charge in [-0.15, -0.1) is 0 Å². The molecule has 3 N–H and O–H groups in total. The highest BCUT2D eigenvalue weighted by Crippen LogP contribution is 2.30. The molecule has 26 heavy (non-hydrogen) atoms. The standard InChI is InChI=1S/C22H25N3O/c1-2-26-21-15-18(16-24-14-13-17-7-4-3-5-8-17)11-12-19(21)20-9-6-10-22(23)25-20/h3-12,15,24H,2,13-14,16H2,1H3,(H2,23,25). The van der Waals surface area contributed by atoms with Gasteiger partial charge in [0.15, 0.2) is 0 Å². The maximum Gasteiger partial charge on any atom is 0.128 e. The summed E-state index contributed by atoms with van der Waals surface area (Å²) in [6.45, 7) is 4.34. The highest BCUT2D eigenvalue weighted by molar-refractivity contribution is 5.68. The molecule has 0 aliphatic heterocycles. The Morgan fingerprint density at radius 1 is 0.962 bits per heavy atom.